The molecule has 0 unspecified atom stereocenters. The Morgan fingerprint density at radius 1 is 1.54 bits per heavy atom. The Morgan fingerprint density at radius 3 is 2.23 bits per heavy atom. The zero-order valence-corrected chi connectivity index (χ0v) is 7.53. The van der Waals surface area contributed by atoms with Crippen LogP contribution in [0.2, 0.25) is 0 Å². The number of nitrogens with zero attached hydrogens (tertiary/aromatic N) is 1. The van der Waals surface area contributed by atoms with Crippen LogP contribution in [0.15, 0.2) is 25.4 Å². The monoisotopic (exact) mass is 182 g/mol. The zero-order valence-electron chi connectivity index (χ0n) is 7.53. The molecule has 1 rings (SSSR count). The molecule has 1 fully saturated rings. The van der Waals surface area contributed by atoms with E-state index in [4.69, 9.17) is 0 Å². The maximum atomic E-state index is 10.7. The molecular formula is C9H14N2O2. The molecule has 0 spiro atoms. The molecule has 1 aliphatic heterocycles. The SMILES string of the molecule is C=CC(N)=O.C=CN1CCCC1=O. The van der Waals surface area contributed by atoms with Crippen molar-refractivity contribution in [2.45, 2.75) is 12.8 Å². The van der Waals surface area contributed by atoms with Crippen molar-refractivity contribution < 1.29 is 9.59 Å². The van der Waals surface area contributed by atoms with Gasteiger partial charge in [-0.25, -0.2) is 0 Å². The molecule has 2 N–H and O–H groups in total. The average molecular weight is 182 g/mol. The van der Waals surface area contributed by atoms with Crippen molar-refractivity contribution >= 4 is 11.8 Å². The van der Waals surface area contributed by atoms with Crippen LogP contribution < -0.4 is 5.73 Å². The number of hydrogen-bond donors (Lipinski definition) is 1. The molecule has 0 aliphatic carbocycles. The summed E-state index contributed by atoms with van der Waals surface area (Å²) in [5.74, 6) is -0.273. The molecule has 1 heterocycles. The van der Waals surface area contributed by atoms with Crippen LogP contribution in [0, 0.1) is 0 Å². The number of nitrogens with two attached hydrogens (primary N) is 1. The van der Waals surface area contributed by atoms with Gasteiger partial charge in [0, 0.05) is 13.0 Å². The summed E-state index contributed by atoms with van der Waals surface area (Å²) in [6, 6.07) is 0. The third-order valence-electron chi connectivity index (χ3n) is 1.53. The summed E-state index contributed by atoms with van der Waals surface area (Å²) in [5, 5.41) is 0. The molecule has 0 aromatic heterocycles. The molecule has 0 aromatic carbocycles. The van der Waals surface area contributed by atoms with Crippen LogP contribution in [0.1, 0.15) is 12.8 Å². The van der Waals surface area contributed by atoms with Crippen molar-refractivity contribution in [3.8, 4) is 0 Å². The molecule has 0 saturated carbocycles. The molecule has 13 heavy (non-hydrogen) atoms. The quantitative estimate of drug-likeness (QED) is 0.629. The molecule has 1 aliphatic rings. The number of likely N-dealkylation sites (tertiary alicyclic amines) is 1. The number of rotatable bonds is 2. The number of carbonyl (C=O) groups excluding carboxylic acids is 2. The van der Waals surface area contributed by atoms with Gasteiger partial charge in [0.2, 0.25) is 11.8 Å². The number of hydrogen-bond acceptors (Lipinski definition) is 2. The summed E-state index contributed by atoms with van der Waals surface area (Å²) in [5.41, 5.74) is 4.53. The van der Waals surface area contributed by atoms with E-state index in [0.717, 1.165) is 19.0 Å². The highest BCUT2D eigenvalue weighted by molar-refractivity contribution is 5.85. The van der Waals surface area contributed by atoms with Crippen LogP contribution in [-0.4, -0.2) is 23.3 Å². The Labute approximate surface area is 77.7 Å². The van der Waals surface area contributed by atoms with Gasteiger partial charge in [-0.1, -0.05) is 13.2 Å². The van der Waals surface area contributed by atoms with E-state index >= 15 is 0 Å². The molecule has 0 bridgehead atoms. The van der Waals surface area contributed by atoms with Gasteiger partial charge < -0.3 is 10.6 Å². The minimum atomic E-state index is -0.481. The molecular weight excluding hydrogens is 168 g/mol. The predicted octanol–water partition coefficient (Wildman–Crippen LogP) is 0.410. The van der Waals surface area contributed by atoms with Crippen molar-refractivity contribution in [1.82, 2.24) is 4.90 Å². The van der Waals surface area contributed by atoms with Gasteiger partial charge in [-0.3, -0.25) is 9.59 Å². The third-order valence-corrected chi connectivity index (χ3v) is 1.53. The Kier molecular flexibility index (Phi) is 5.27. The lowest BCUT2D eigenvalue weighted by Crippen LogP contribution is -2.16. The largest absolute Gasteiger partial charge is 0.366 e. The predicted molar refractivity (Wildman–Crippen MR) is 50.5 cm³/mol. The van der Waals surface area contributed by atoms with Gasteiger partial charge in [0.25, 0.3) is 0 Å². The summed E-state index contributed by atoms with van der Waals surface area (Å²) in [4.78, 5) is 21.8. The summed E-state index contributed by atoms with van der Waals surface area (Å²) in [6.45, 7) is 7.45. The van der Waals surface area contributed by atoms with Crippen LogP contribution in [0.4, 0.5) is 0 Å². The lowest BCUT2D eigenvalue weighted by Gasteiger charge is -2.05. The van der Waals surface area contributed by atoms with Crippen LogP contribution in [0.3, 0.4) is 0 Å². The number of primary amides is 1. The maximum absolute atomic E-state index is 10.7. The van der Waals surface area contributed by atoms with E-state index < -0.39 is 5.91 Å². The van der Waals surface area contributed by atoms with Gasteiger partial charge >= 0.3 is 0 Å². The first-order valence-electron chi connectivity index (χ1n) is 3.95. The maximum Gasteiger partial charge on any atom is 0.240 e. The molecule has 4 heteroatoms. The first-order valence-corrected chi connectivity index (χ1v) is 3.95. The minimum absolute atomic E-state index is 0.208. The van der Waals surface area contributed by atoms with Gasteiger partial charge in [0.1, 0.15) is 0 Å². The van der Waals surface area contributed by atoms with E-state index in [1.54, 1.807) is 11.1 Å². The van der Waals surface area contributed by atoms with Crippen molar-refractivity contribution in [2.75, 3.05) is 6.54 Å². The summed E-state index contributed by atoms with van der Waals surface area (Å²) in [6.07, 6.45) is 4.34. The molecule has 4 nitrogen and oxygen atoms in total. The fourth-order valence-electron chi connectivity index (χ4n) is 0.862. The zero-order chi connectivity index (χ0) is 10.3. The van der Waals surface area contributed by atoms with Crippen LogP contribution in [0.25, 0.3) is 0 Å². The van der Waals surface area contributed by atoms with E-state index in [1.165, 1.54) is 0 Å². The van der Waals surface area contributed by atoms with Crippen molar-refractivity contribution in [3.63, 3.8) is 0 Å². The standard InChI is InChI=1S/C6H9NO.C3H5NO/c1-2-7-5-3-4-6(7)8;1-2-3(4)5/h2H,1,3-5H2;2H,1H2,(H2,4,5). The van der Waals surface area contributed by atoms with E-state index in [2.05, 4.69) is 18.9 Å². The number of amides is 2. The van der Waals surface area contributed by atoms with Crippen LogP contribution in [0.5, 0.6) is 0 Å². The average Bonchev–Trinajstić information content (AvgIpc) is 2.52. The van der Waals surface area contributed by atoms with Crippen LogP contribution in [-0.2, 0) is 9.59 Å². The lowest BCUT2D eigenvalue weighted by molar-refractivity contribution is -0.125. The van der Waals surface area contributed by atoms with Gasteiger partial charge in [-0.05, 0) is 18.7 Å². The second-order valence-electron chi connectivity index (χ2n) is 2.48. The van der Waals surface area contributed by atoms with Gasteiger partial charge in [-0.15, -0.1) is 0 Å². The molecule has 1 saturated heterocycles. The van der Waals surface area contributed by atoms with Gasteiger partial charge in [0.15, 0.2) is 0 Å². The van der Waals surface area contributed by atoms with E-state index in [-0.39, 0.29) is 5.91 Å². The third kappa shape index (κ3) is 4.79. The molecule has 0 radical (unpaired) electrons. The minimum Gasteiger partial charge on any atom is -0.366 e. The molecule has 72 valence electrons. The second kappa shape index (κ2) is 5.99. The first kappa shape index (κ1) is 11.4. The lowest BCUT2D eigenvalue weighted by atomic mass is 10.4. The first-order chi connectivity index (χ1) is 6.11. The van der Waals surface area contributed by atoms with E-state index in [9.17, 15) is 9.59 Å². The van der Waals surface area contributed by atoms with Gasteiger partial charge in [0.05, 0.1) is 0 Å². The van der Waals surface area contributed by atoms with Gasteiger partial charge in [-0.2, -0.15) is 0 Å². The van der Waals surface area contributed by atoms with E-state index in [0.29, 0.717) is 6.42 Å². The Hall–Kier alpha value is -1.58. The van der Waals surface area contributed by atoms with Crippen molar-refractivity contribution in [2.24, 2.45) is 5.73 Å². The summed E-state index contributed by atoms with van der Waals surface area (Å²) < 4.78 is 0. The van der Waals surface area contributed by atoms with Crippen molar-refractivity contribution in [3.05, 3.63) is 25.4 Å². The summed E-state index contributed by atoms with van der Waals surface area (Å²) in [7, 11) is 0. The van der Waals surface area contributed by atoms with Crippen molar-refractivity contribution in [1.29, 1.82) is 0 Å². The van der Waals surface area contributed by atoms with Crippen LogP contribution >= 0.6 is 0 Å². The smallest absolute Gasteiger partial charge is 0.240 e. The molecule has 0 atom stereocenters. The second-order valence-corrected chi connectivity index (χ2v) is 2.48. The highest BCUT2D eigenvalue weighted by Gasteiger charge is 2.15. The van der Waals surface area contributed by atoms with E-state index in [1.807, 2.05) is 0 Å². The molecule has 0 aromatic rings. The topological polar surface area (TPSA) is 63.4 Å². The fraction of sp³-hybridized carbons (Fsp3) is 0.333. The Morgan fingerprint density at radius 2 is 2.08 bits per heavy atom. The fourth-order valence-corrected chi connectivity index (χ4v) is 0.862. The number of carbonyl (C=O) groups is 2. The molecule has 2 amide bonds. The Bertz CT molecular complexity index is 224. The normalized spacial score (nSPS) is 14.5. The highest BCUT2D eigenvalue weighted by atomic mass is 16.2. The Balaban J connectivity index is 0.000000252. The highest BCUT2D eigenvalue weighted by Crippen LogP contribution is 2.08. The summed E-state index contributed by atoms with van der Waals surface area (Å²) >= 11 is 0.